The van der Waals surface area contributed by atoms with Gasteiger partial charge in [-0.25, -0.2) is 4.98 Å². The molecule has 2 N–H and O–H groups in total. The van der Waals surface area contributed by atoms with Crippen LogP contribution in [0.15, 0.2) is 18.2 Å². The summed E-state index contributed by atoms with van der Waals surface area (Å²) in [7, 11) is 0. The van der Waals surface area contributed by atoms with Gasteiger partial charge >= 0.3 is 0 Å². The Balaban J connectivity index is 2.03. The summed E-state index contributed by atoms with van der Waals surface area (Å²) in [6.07, 6.45) is 3.49. The SMILES string of the molecule is Cc1ccc2c(c1)nc(CC(N)C1CC1)n2C(C)C. The lowest BCUT2D eigenvalue weighted by Gasteiger charge is -2.15. The number of hydrogen-bond donors (Lipinski definition) is 1. The molecule has 19 heavy (non-hydrogen) atoms. The van der Waals surface area contributed by atoms with E-state index in [-0.39, 0.29) is 6.04 Å². The first-order chi connectivity index (χ1) is 9.06. The van der Waals surface area contributed by atoms with Crippen LogP contribution in [0.4, 0.5) is 0 Å². The molecule has 1 heterocycles. The van der Waals surface area contributed by atoms with Crippen LogP contribution in [0, 0.1) is 12.8 Å². The van der Waals surface area contributed by atoms with E-state index >= 15 is 0 Å². The number of aryl methyl sites for hydroxylation is 1. The molecule has 0 saturated heterocycles. The zero-order chi connectivity index (χ0) is 13.6. The summed E-state index contributed by atoms with van der Waals surface area (Å²) >= 11 is 0. The van der Waals surface area contributed by atoms with Crippen molar-refractivity contribution in [2.24, 2.45) is 11.7 Å². The molecular weight excluding hydrogens is 234 g/mol. The van der Waals surface area contributed by atoms with Gasteiger partial charge in [-0.05, 0) is 57.2 Å². The predicted octanol–water partition coefficient (Wildman–Crippen LogP) is 3.21. The number of aromatic nitrogens is 2. The van der Waals surface area contributed by atoms with Crippen molar-refractivity contribution in [3.63, 3.8) is 0 Å². The number of imidazole rings is 1. The third-order valence-electron chi connectivity index (χ3n) is 4.08. The fourth-order valence-electron chi connectivity index (χ4n) is 2.88. The molecule has 0 spiro atoms. The van der Waals surface area contributed by atoms with Crippen molar-refractivity contribution >= 4 is 11.0 Å². The lowest BCUT2D eigenvalue weighted by atomic mass is 10.1. The normalized spacial score (nSPS) is 17.3. The summed E-state index contributed by atoms with van der Waals surface area (Å²) in [6, 6.07) is 7.21. The first-order valence-corrected chi connectivity index (χ1v) is 7.29. The zero-order valence-electron chi connectivity index (χ0n) is 12.1. The highest BCUT2D eigenvalue weighted by molar-refractivity contribution is 5.77. The van der Waals surface area contributed by atoms with Crippen LogP contribution in [0.3, 0.4) is 0 Å². The molecule has 1 aliphatic rings. The number of nitrogens with two attached hydrogens (primary N) is 1. The minimum atomic E-state index is 0.274. The fraction of sp³-hybridized carbons (Fsp3) is 0.562. The predicted molar refractivity (Wildman–Crippen MR) is 79.3 cm³/mol. The molecule has 1 aliphatic carbocycles. The molecule has 3 nitrogen and oxygen atoms in total. The van der Waals surface area contributed by atoms with E-state index in [4.69, 9.17) is 10.7 Å². The third-order valence-corrected chi connectivity index (χ3v) is 4.08. The zero-order valence-corrected chi connectivity index (χ0v) is 12.1. The first kappa shape index (κ1) is 12.7. The second kappa shape index (κ2) is 4.64. The van der Waals surface area contributed by atoms with Crippen LogP contribution in [0.1, 0.15) is 44.1 Å². The molecule has 0 amide bonds. The van der Waals surface area contributed by atoms with Gasteiger partial charge in [-0.3, -0.25) is 0 Å². The van der Waals surface area contributed by atoms with Gasteiger partial charge in [-0.15, -0.1) is 0 Å². The molecule has 0 aliphatic heterocycles. The third kappa shape index (κ3) is 2.39. The minimum Gasteiger partial charge on any atom is -0.327 e. The summed E-state index contributed by atoms with van der Waals surface area (Å²) in [5.41, 5.74) is 9.88. The number of rotatable bonds is 4. The van der Waals surface area contributed by atoms with Crippen LogP contribution < -0.4 is 5.73 Å². The molecule has 1 saturated carbocycles. The Morgan fingerprint density at radius 2 is 2.11 bits per heavy atom. The van der Waals surface area contributed by atoms with Gasteiger partial charge in [0.05, 0.1) is 11.0 Å². The molecule has 2 aromatic rings. The number of benzene rings is 1. The van der Waals surface area contributed by atoms with Crippen LogP contribution >= 0.6 is 0 Å². The quantitative estimate of drug-likeness (QED) is 0.914. The van der Waals surface area contributed by atoms with Gasteiger partial charge < -0.3 is 10.3 Å². The van der Waals surface area contributed by atoms with Crippen LogP contribution in [-0.4, -0.2) is 15.6 Å². The smallest absolute Gasteiger partial charge is 0.111 e. The van der Waals surface area contributed by atoms with Crippen LogP contribution in [-0.2, 0) is 6.42 Å². The molecule has 1 fully saturated rings. The summed E-state index contributed by atoms with van der Waals surface area (Å²) < 4.78 is 2.34. The van der Waals surface area contributed by atoms with E-state index in [0.717, 1.165) is 23.7 Å². The topological polar surface area (TPSA) is 43.8 Å². The standard InChI is InChI=1S/C16H23N3/c1-10(2)19-15-7-4-11(3)8-14(15)18-16(19)9-13(17)12-5-6-12/h4,7-8,10,12-13H,5-6,9,17H2,1-3H3. The van der Waals surface area contributed by atoms with E-state index in [2.05, 4.69) is 43.5 Å². The number of hydrogen-bond acceptors (Lipinski definition) is 2. The highest BCUT2D eigenvalue weighted by atomic mass is 15.1. The summed E-state index contributed by atoms with van der Waals surface area (Å²) in [6.45, 7) is 6.55. The van der Waals surface area contributed by atoms with Gasteiger partial charge in [0.1, 0.15) is 5.82 Å². The summed E-state index contributed by atoms with van der Waals surface area (Å²) in [5, 5.41) is 0. The van der Waals surface area contributed by atoms with Crippen molar-refractivity contribution in [3.05, 3.63) is 29.6 Å². The maximum absolute atomic E-state index is 6.28. The van der Waals surface area contributed by atoms with Gasteiger partial charge in [-0.2, -0.15) is 0 Å². The van der Waals surface area contributed by atoms with E-state index in [1.807, 2.05) is 0 Å². The lowest BCUT2D eigenvalue weighted by Crippen LogP contribution is -2.27. The molecule has 102 valence electrons. The second-order valence-electron chi connectivity index (χ2n) is 6.19. The van der Waals surface area contributed by atoms with E-state index in [1.165, 1.54) is 23.9 Å². The molecule has 1 aromatic carbocycles. The maximum atomic E-state index is 6.28. The molecule has 3 rings (SSSR count). The number of nitrogens with zero attached hydrogens (tertiary/aromatic N) is 2. The Bertz CT molecular complexity index is 593. The van der Waals surface area contributed by atoms with E-state index < -0.39 is 0 Å². The maximum Gasteiger partial charge on any atom is 0.111 e. The molecular formula is C16H23N3. The first-order valence-electron chi connectivity index (χ1n) is 7.29. The van der Waals surface area contributed by atoms with Crippen LogP contribution in [0.25, 0.3) is 11.0 Å². The average molecular weight is 257 g/mol. The Morgan fingerprint density at radius 3 is 2.74 bits per heavy atom. The molecule has 1 atom stereocenters. The minimum absolute atomic E-state index is 0.274. The number of fused-ring (bicyclic) bond motifs is 1. The fourth-order valence-corrected chi connectivity index (χ4v) is 2.88. The van der Waals surface area contributed by atoms with Gasteiger partial charge in [0.15, 0.2) is 0 Å². The monoisotopic (exact) mass is 257 g/mol. The van der Waals surface area contributed by atoms with Crippen molar-refractivity contribution < 1.29 is 0 Å². The Hall–Kier alpha value is -1.35. The molecule has 0 bridgehead atoms. The molecule has 0 radical (unpaired) electrons. The average Bonchev–Trinajstić information content (AvgIpc) is 3.11. The Morgan fingerprint density at radius 1 is 1.37 bits per heavy atom. The summed E-state index contributed by atoms with van der Waals surface area (Å²) in [5.74, 6) is 1.87. The van der Waals surface area contributed by atoms with Gasteiger partial charge in [0.25, 0.3) is 0 Å². The van der Waals surface area contributed by atoms with Gasteiger partial charge in [0.2, 0.25) is 0 Å². The highest BCUT2D eigenvalue weighted by Gasteiger charge is 2.30. The Labute approximate surface area is 114 Å². The molecule has 3 heteroatoms. The van der Waals surface area contributed by atoms with Crippen LogP contribution in [0.2, 0.25) is 0 Å². The second-order valence-corrected chi connectivity index (χ2v) is 6.19. The van der Waals surface area contributed by atoms with Crippen molar-refractivity contribution in [3.8, 4) is 0 Å². The van der Waals surface area contributed by atoms with Crippen molar-refractivity contribution in [1.82, 2.24) is 9.55 Å². The van der Waals surface area contributed by atoms with Gasteiger partial charge in [-0.1, -0.05) is 6.07 Å². The largest absolute Gasteiger partial charge is 0.327 e. The van der Waals surface area contributed by atoms with Crippen molar-refractivity contribution in [2.75, 3.05) is 0 Å². The van der Waals surface area contributed by atoms with E-state index in [0.29, 0.717) is 6.04 Å². The highest BCUT2D eigenvalue weighted by Crippen LogP contribution is 2.33. The van der Waals surface area contributed by atoms with Crippen LogP contribution in [0.5, 0.6) is 0 Å². The van der Waals surface area contributed by atoms with Crippen molar-refractivity contribution in [2.45, 2.75) is 52.1 Å². The Kier molecular flexibility index (Phi) is 3.09. The lowest BCUT2D eigenvalue weighted by molar-refractivity contribution is 0.526. The van der Waals surface area contributed by atoms with E-state index in [9.17, 15) is 0 Å². The van der Waals surface area contributed by atoms with Crippen molar-refractivity contribution in [1.29, 1.82) is 0 Å². The molecule has 1 unspecified atom stereocenters. The van der Waals surface area contributed by atoms with E-state index in [1.54, 1.807) is 0 Å². The molecule has 1 aromatic heterocycles. The summed E-state index contributed by atoms with van der Waals surface area (Å²) in [4.78, 5) is 4.83. The van der Waals surface area contributed by atoms with Gasteiger partial charge in [0, 0.05) is 18.5 Å².